The molecule has 2 atom stereocenters. The van der Waals surface area contributed by atoms with Gasteiger partial charge in [0.25, 0.3) is 0 Å². The molecule has 2 N–H and O–H groups in total. The summed E-state index contributed by atoms with van der Waals surface area (Å²) in [5.41, 5.74) is 1.08. The van der Waals surface area contributed by atoms with Gasteiger partial charge in [0.1, 0.15) is 0 Å². The van der Waals surface area contributed by atoms with Crippen LogP contribution in [-0.4, -0.2) is 41.7 Å². The smallest absolute Gasteiger partial charge is 0.234 e. The van der Waals surface area contributed by atoms with Gasteiger partial charge in [0.2, 0.25) is 5.91 Å². The Morgan fingerprint density at radius 3 is 2.79 bits per heavy atom. The number of rotatable bonds is 4. The molecule has 1 unspecified atom stereocenters. The van der Waals surface area contributed by atoms with Crippen molar-refractivity contribution in [3.8, 4) is 0 Å². The number of halogens is 1. The van der Waals surface area contributed by atoms with Gasteiger partial charge in [-0.25, -0.2) is 0 Å². The molecule has 0 radical (unpaired) electrons. The number of hydrogen-bond donors (Lipinski definition) is 2. The van der Waals surface area contributed by atoms with Gasteiger partial charge < -0.3 is 10.4 Å². The first-order valence-electron chi connectivity index (χ1n) is 6.50. The van der Waals surface area contributed by atoms with Crippen LogP contribution in [0.4, 0.5) is 0 Å². The third kappa shape index (κ3) is 4.30. The van der Waals surface area contributed by atoms with Gasteiger partial charge in [0, 0.05) is 17.6 Å². The Labute approximate surface area is 121 Å². The van der Waals surface area contributed by atoms with Crippen molar-refractivity contribution >= 4 is 21.8 Å². The van der Waals surface area contributed by atoms with Gasteiger partial charge in [-0.15, -0.1) is 0 Å². The van der Waals surface area contributed by atoms with Crippen LogP contribution < -0.4 is 5.32 Å². The van der Waals surface area contributed by atoms with Crippen molar-refractivity contribution in [3.05, 3.63) is 34.3 Å². The summed E-state index contributed by atoms with van der Waals surface area (Å²) in [4.78, 5) is 13.9. The van der Waals surface area contributed by atoms with Gasteiger partial charge >= 0.3 is 0 Å². The van der Waals surface area contributed by atoms with E-state index < -0.39 is 0 Å². The number of carbonyl (C=O) groups excluding carboxylic acids is 1. The Bertz CT molecular complexity index is 436. The van der Waals surface area contributed by atoms with Crippen LogP contribution in [0.15, 0.2) is 28.7 Å². The first-order chi connectivity index (χ1) is 9.04. The number of β-amino-alcohol motifs (C(OH)–C–C–N with tert-alkyl or cyclic N) is 1. The molecule has 104 valence electrons. The second-order valence-electron chi connectivity index (χ2n) is 5.02. The minimum Gasteiger partial charge on any atom is -0.392 e. The van der Waals surface area contributed by atoms with E-state index in [1.165, 1.54) is 0 Å². The molecule has 0 spiro atoms. The third-order valence-corrected chi connectivity index (χ3v) is 3.89. The van der Waals surface area contributed by atoms with E-state index >= 15 is 0 Å². The maximum Gasteiger partial charge on any atom is 0.234 e. The molecule has 1 aliphatic heterocycles. The zero-order chi connectivity index (χ0) is 13.8. The maximum atomic E-state index is 11.9. The summed E-state index contributed by atoms with van der Waals surface area (Å²) in [6.07, 6.45) is 0.479. The van der Waals surface area contributed by atoms with Crippen molar-refractivity contribution in [2.24, 2.45) is 0 Å². The summed E-state index contributed by atoms with van der Waals surface area (Å²) < 4.78 is 1.03. The van der Waals surface area contributed by atoms with Crippen LogP contribution in [0.5, 0.6) is 0 Å². The molecule has 1 aliphatic rings. The Morgan fingerprint density at radius 1 is 1.53 bits per heavy atom. The van der Waals surface area contributed by atoms with Gasteiger partial charge in [0.05, 0.1) is 18.7 Å². The monoisotopic (exact) mass is 326 g/mol. The Morgan fingerprint density at radius 2 is 2.21 bits per heavy atom. The highest BCUT2D eigenvalue weighted by molar-refractivity contribution is 9.10. The molecule has 5 heteroatoms. The molecular formula is C14H19BrN2O2. The van der Waals surface area contributed by atoms with Crippen LogP contribution >= 0.6 is 15.9 Å². The van der Waals surface area contributed by atoms with Crippen LogP contribution in [0.2, 0.25) is 0 Å². The molecule has 19 heavy (non-hydrogen) atoms. The molecule has 0 aliphatic carbocycles. The number of carbonyl (C=O) groups is 1. The predicted octanol–water partition coefficient (Wildman–Crippen LogP) is 1.69. The van der Waals surface area contributed by atoms with Crippen LogP contribution in [0.25, 0.3) is 0 Å². The summed E-state index contributed by atoms with van der Waals surface area (Å²) in [7, 11) is 0. The molecule has 0 aromatic heterocycles. The van der Waals surface area contributed by atoms with E-state index in [0.717, 1.165) is 23.0 Å². The normalized spacial score (nSPS) is 21.3. The van der Waals surface area contributed by atoms with E-state index in [4.69, 9.17) is 0 Å². The van der Waals surface area contributed by atoms with Crippen molar-refractivity contribution < 1.29 is 9.90 Å². The average molecular weight is 327 g/mol. The second kappa shape index (κ2) is 6.50. The molecule has 1 saturated heterocycles. The highest BCUT2D eigenvalue weighted by atomic mass is 79.9. The van der Waals surface area contributed by atoms with Gasteiger partial charge in [-0.1, -0.05) is 28.1 Å². The zero-order valence-corrected chi connectivity index (χ0v) is 12.6. The quantitative estimate of drug-likeness (QED) is 0.885. The molecule has 0 bridgehead atoms. The number of nitrogens with one attached hydrogen (secondary N) is 1. The lowest BCUT2D eigenvalue weighted by Crippen LogP contribution is -2.37. The van der Waals surface area contributed by atoms with E-state index in [1.807, 2.05) is 36.1 Å². The first-order valence-corrected chi connectivity index (χ1v) is 7.29. The number of aliphatic hydroxyl groups is 1. The number of aliphatic hydroxyl groups excluding tert-OH is 1. The molecule has 1 aromatic rings. The predicted molar refractivity (Wildman–Crippen MR) is 77.8 cm³/mol. The van der Waals surface area contributed by atoms with Gasteiger partial charge in [-0.3, -0.25) is 9.69 Å². The van der Waals surface area contributed by atoms with Crippen LogP contribution in [0, 0.1) is 0 Å². The summed E-state index contributed by atoms with van der Waals surface area (Å²) in [6, 6.07) is 7.92. The fraction of sp³-hybridized carbons (Fsp3) is 0.500. The minimum atomic E-state index is -0.281. The van der Waals surface area contributed by atoms with E-state index in [0.29, 0.717) is 13.1 Å². The lowest BCUT2D eigenvalue weighted by molar-refractivity contribution is -0.122. The van der Waals surface area contributed by atoms with Crippen molar-refractivity contribution in [1.29, 1.82) is 0 Å². The summed E-state index contributed by atoms with van der Waals surface area (Å²) >= 11 is 3.39. The molecule has 1 fully saturated rings. The number of hydrogen-bond acceptors (Lipinski definition) is 3. The zero-order valence-electron chi connectivity index (χ0n) is 11.0. The summed E-state index contributed by atoms with van der Waals surface area (Å²) in [5, 5.41) is 12.4. The SMILES string of the molecule is CC(NC(=O)CN1CC[C@H](O)C1)c1ccc(Br)cc1. The standard InChI is InChI=1S/C14H19BrN2O2/c1-10(11-2-4-12(15)5-3-11)16-14(19)9-17-7-6-13(18)8-17/h2-5,10,13,18H,6-9H2,1H3,(H,16,19)/t10?,13-/m0/s1. The lowest BCUT2D eigenvalue weighted by atomic mass is 10.1. The molecule has 4 nitrogen and oxygen atoms in total. The fourth-order valence-corrected chi connectivity index (χ4v) is 2.55. The molecule has 1 amide bonds. The van der Waals surface area contributed by atoms with E-state index in [-0.39, 0.29) is 18.1 Å². The fourth-order valence-electron chi connectivity index (χ4n) is 2.28. The number of benzene rings is 1. The van der Waals surface area contributed by atoms with Crippen molar-refractivity contribution in [1.82, 2.24) is 10.2 Å². The van der Waals surface area contributed by atoms with Crippen molar-refractivity contribution in [3.63, 3.8) is 0 Å². The van der Waals surface area contributed by atoms with E-state index in [9.17, 15) is 9.90 Å². The Kier molecular flexibility index (Phi) is 4.96. The molecular weight excluding hydrogens is 308 g/mol. The topological polar surface area (TPSA) is 52.6 Å². The van der Waals surface area contributed by atoms with E-state index in [2.05, 4.69) is 21.2 Å². The number of amides is 1. The molecule has 1 aromatic carbocycles. The summed E-state index contributed by atoms with van der Waals surface area (Å²) in [5.74, 6) is 0.00418. The highest BCUT2D eigenvalue weighted by Crippen LogP contribution is 2.16. The number of likely N-dealkylation sites (tertiary alicyclic amines) is 1. The van der Waals surface area contributed by atoms with Crippen molar-refractivity contribution in [2.75, 3.05) is 19.6 Å². The second-order valence-corrected chi connectivity index (χ2v) is 5.93. The minimum absolute atomic E-state index is 0.00418. The molecule has 2 rings (SSSR count). The van der Waals surface area contributed by atoms with Gasteiger partial charge in [-0.05, 0) is 31.0 Å². The number of nitrogens with zero attached hydrogens (tertiary/aromatic N) is 1. The first kappa shape index (κ1) is 14.5. The van der Waals surface area contributed by atoms with Crippen LogP contribution in [0.3, 0.4) is 0 Å². The van der Waals surface area contributed by atoms with Gasteiger partial charge in [-0.2, -0.15) is 0 Å². The third-order valence-electron chi connectivity index (χ3n) is 3.36. The Balaban J connectivity index is 1.83. The molecule has 1 heterocycles. The summed E-state index contributed by atoms with van der Waals surface area (Å²) in [6.45, 7) is 3.72. The highest BCUT2D eigenvalue weighted by Gasteiger charge is 2.22. The largest absolute Gasteiger partial charge is 0.392 e. The lowest BCUT2D eigenvalue weighted by Gasteiger charge is -2.18. The van der Waals surface area contributed by atoms with Crippen LogP contribution in [0.1, 0.15) is 24.9 Å². The van der Waals surface area contributed by atoms with Crippen molar-refractivity contribution in [2.45, 2.75) is 25.5 Å². The Hall–Kier alpha value is -0.910. The maximum absolute atomic E-state index is 11.9. The van der Waals surface area contributed by atoms with Gasteiger partial charge in [0.15, 0.2) is 0 Å². The average Bonchev–Trinajstić information content (AvgIpc) is 2.75. The molecule has 0 saturated carbocycles. The van der Waals surface area contributed by atoms with E-state index in [1.54, 1.807) is 0 Å². The van der Waals surface area contributed by atoms with Crippen LogP contribution in [-0.2, 0) is 4.79 Å².